The zero-order valence-electron chi connectivity index (χ0n) is 10.8. The van der Waals surface area contributed by atoms with Gasteiger partial charge in [0.05, 0.1) is 25.9 Å². The Labute approximate surface area is 111 Å². The Morgan fingerprint density at radius 2 is 2.05 bits per heavy atom. The lowest BCUT2D eigenvalue weighted by molar-refractivity contribution is 0.0843. The fraction of sp³-hybridized carbons (Fsp3) is 0.538. The SMILES string of the molecule is CC(NCCOCCO)C(O)c1cc(F)ccc1F. The molecular weight excluding hydrogens is 256 g/mol. The summed E-state index contributed by atoms with van der Waals surface area (Å²) in [5.41, 5.74) is -0.0729. The Morgan fingerprint density at radius 3 is 2.74 bits per heavy atom. The summed E-state index contributed by atoms with van der Waals surface area (Å²) in [4.78, 5) is 0. The standard InChI is InChI=1S/C13H19F2NO3/c1-9(16-4-6-19-7-5-17)13(18)11-8-10(14)2-3-12(11)15/h2-3,8-9,13,16-18H,4-7H2,1H3. The van der Waals surface area contributed by atoms with Crippen molar-refractivity contribution in [1.82, 2.24) is 5.32 Å². The number of aliphatic hydroxyl groups excluding tert-OH is 2. The van der Waals surface area contributed by atoms with Crippen LogP contribution in [-0.2, 0) is 4.74 Å². The Kier molecular flexibility index (Phi) is 6.86. The van der Waals surface area contributed by atoms with E-state index in [9.17, 15) is 13.9 Å². The Hall–Kier alpha value is -1.08. The van der Waals surface area contributed by atoms with Crippen molar-refractivity contribution in [3.8, 4) is 0 Å². The van der Waals surface area contributed by atoms with E-state index < -0.39 is 23.8 Å². The van der Waals surface area contributed by atoms with Crippen molar-refractivity contribution < 1.29 is 23.7 Å². The minimum atomic E-state index is -1.14. The molecule has 3 N–H and O–H groups in total. The molecule has 0 fully saturated rings. The fourth-order valence-corrected chi connectivity index (χ4v) is 1.65. The van der Waals surface area contributed by atoms with Crippen molar-refractivity contribution in [1.29, 1.82) is 0 Å². The third-order valence-corrected chi connectivity index (χ3v) is 2.70. The maximum absolute atomic E-state index is 13.5. The fourth-order valence-electron chi connectivity index (χ4n) is 1.65. The smallest absolute Gasteiger partial charge is 0.129 e. The molecule has 0 spiro atoms. The minimum absolute atomic E-state index is 0.0489. The van der Waals surface area contributed by atoms with Crippen LogP contribution in [0.4, 0.5) is 8.78 Å². The zero-order chi connectivity index (χ0) is 14.3. The first-order chi connectivity index (χ1) is 9.06. The van der Waals surface area contributed by atoms with Crippen molar-refractivity contribution >= 4 is 0 Å². The molecule has 0 bridgehead atoms. The number of hydrogen-bond acceptors (Lipinski definition) is 4. The van der Waals surface area contributed by atoms with Crippen molar-refractivity contribution in [3.05, 3.63) is 35.4 Å². The van der Waals surface area contributed by atoms with E-state index in [1.807, 2.05) is 0 Å². The Bertz CT molecular complexity index is 390. The lowest BCUT2D eigenvalue weighted by Crippen LogP contribution is -2.35. The first-order valence-corrected chi connectivity index (χ1v) is 6.11. The van der Waals surface area contributed by atoms with Gasteiger partial charge in [-0.2, -0.15) is 0 Å². The number of halogens is 2. The van der Waals surface area contributed by atoms with Crippen LogP contribution < -0.4 is 5.32 Å². The van der Waals surface area contributed by atoms with Gasteiger partial charge in [0.2, 0.25) is 0 Å². The molecule has 0 heterocycles. The Morgan fingerprint density at radius 1 is 1.32 bits per heavy atom. The average molecular weight is 275 g/mol. The number of nitrogens with one attached hydrogen (secondary N) is 1. The van der Waals surface area contributed by atoms with Crippen LogP contribution in [0.25, 0.3) is 0 Å². The second-order valence-corrected chi connectivity index (χ2v) is 4.19. The highest BCUT2D eigenvalue weighted by atomic mass is 19.1. The average Bonchev–Trinajstić information content (AvgIpc) is 2.40. The first kappa shape index (κ1) is 16.0. The first-order valence-electron chi connectivity index (χ1n) is 6.11. The summed E-state index contributed by atoms with van der Waals surface area (Å²) in [7, 11) is 0. The number of hydrogen-bond donors (Lipinski definition) is 3. The molecule has 0 aliphatic heterocycles. The normalized spacial score (nSPS) is 14.4. The molecule has 0 aromatic heterocycles. The van der Waals surface area contributed by atoms with Gasteiger partial charge in [-0.05, 0) is 25.1 Å². The molecule has 19 heavy (non-hydrogen) atoms. The van der Waals surface area contributed by atoms with Gasteiger partial charge in [-0.15, -0.1) is 0 Å². The van der Waals surface area contributed by atoms with Gasteiger partial charge in [0.25, 0.3) is 0 Å². The summed E-state index contributed by atoms with van der Waals surface area (Å²) in [6.45, 7) is 2.67. The third kappa shape index (κ3) is 5.20. The van der Waals surface area contributed by atoms with E-state index in [2.05, 4.69) is 5.32 Å². The number of ether oxygens (including phenoxy) is 1. The molecule has 0 aliphatic rings. The van der Waals surface area contributed by atoms with Crippen molar-refractivity contribution in [3.63, 3.8) is 0 Å². The third-order valence-electron chi connectivity index (χ3n) is 2.70. The van der Waals surface area contributed by atoms with E-state index in [1.165, 1.54) is 0 Å². The topological polar surface area (TPSA) is 61.7 Å². The van der Waals surface area contributed by atoms with Crippen molar-refractivity contribution in [2.75, 3.05) is 26.4 Å². The van der Waals surface area contributed by atoms with E-state index in [1.54, 1.807) is 6.92 Å². The van der Waals surface area contributed by atoms with Crippen LogP contribution in [0.1, 0.15) is 18.6 Å². The predicted molar refractivity (Wildman–Crippen MR) is 66.7 cm³/mol. The van der Waals surface area contributed by atoms with Crippen LogP contribution in [0.3, 0.4) is 0 Å². The maximum Gasteiger partial charge on any atom is 0.129 e. The molecule has 2 unspecified atom stereocenters. The van der Waals surface area contributed by atoms with E-state index in [4.69, 9.17) is 9.84 Å². The molecule has 0 radical (unpaired) electrons. The summed E-state index contributed by atoms with van der Waals surface area (Å²) in [5.74, 6) is -1.23. The van der Waals surface area contributed by atoms with Gasteiger partial charge in [0, 0.05) is 18.2 Å². The second kappa shape index (κ2) is 8.16. The summed E-state index contributed by atoms with van der Waals surface area (Å²) in [5, 5.41) is 21.4. The largest absolute Gasteiger partial charge is 0.394 e. The van der Waals surface area contributed by atoms with Crippen LogP contribution in [0.5, 0.6) is 0 Å². The van der Waals surface area contributed by atoms with E-state index in [-0.39, 0.29) is 18.8 Å². The summed E-state index contributed by atoms with van der Waals surface area (Å²) >= 11 is 0. The van der Waals surface area contributed by atoms with E-state index in [0.717, 1.165) is 18.2 Å². The summed E-state index contributed by atoms with van der Waals surface area (Å²) < 4.78 is 31.5. The zero-order valence-corrected chi connectivity index (χ0v) is 10.8. The van der Waals surface area contributed by atoms with Gasteiger partial charge in [-0.1, -0.05) is 0 Å². The van der Waals surface area contributed by atoms with Crippen LogP contribution >= 0.6 is 0 Å². The molecule has 0 amide bonds. The molecule has 0 saturated heterocycles. The summed E-state index contributed by atoms with van der Waals surface area (Å²) in [6.07, 6.45) is -1.14. The predicted octanol–water partition coefficient (Wildman–Crippen LogP) is 0.985. The van der Waals surface area contributed by atoms with Gasteiger partial charge in [0.15, 0.2) is 0 Å². The van der Waals surface area contributed by atoms with Crippen LogP contribution in [0.2, 0.25) is 0 Å². The van der Waals surface area contributed by atoms with Gasteiger partial charge in [-0.25, -0.2) is 8.78 Å². The number of benzene rings is 1. The monoisotopic (exact) mass is 275 g/mol. The van der Waals surface area contributed by atoms with E-state index in [0.29, 0.717) is 13.2 Å². The number of aliphatic hydroxyl groups is 2. The van der Waals surface area contributed by atoms with Crippen LogP contribution in [-0.4, -0.2) is 42.6 Å². The van der Waals surface area contributed by atoms with Crippen LogP contribution in [0, 0.1) is 11.6 Å². The van der Waals surface area contributed by atoms with Crippen LogP contribution in [0.15, 0.2) is 18.2 Å². The molecule has 0 saturated carbocycles. The van der Waals surface area contributed by atoms with Gasteiger partial charge < -0.3 is 20.3 Å². The minimum Gasteiger partial charge on any atom is -0.394 e. The molecule has 4 nitrogen and oxygen atoms in total. The molecule has 108 valence electrons. The number of rotatable bonds is 8. The molecule has 6 heteroatoms. The highest BCUT2D eigenvalue weighted by Gasteiger charge is 2.19. The lowest BCUT2D eigenvalue weighted by Gasteiger charge is -2.21. The molecular formula is C13H19F2NO3. The molecule has 1 rings (SSSR count). The summed E-state index contributed by atoms with van der Waals surface area (Å²) in [6, 6.07) is 2.53. The Balaban J connectivity index is 2.47. The maximum atomic E-state index is 13.5. The van der Waals surface area contributed by atoms with Gasteiger partial charge >= 0.3 is 0 Å². The molecule has 2 atom stereocenters. The molecule has 1 aromatic rings. The highest BCUT2D eigenvalue weighted by Crippen LogP contribution is 2.21. The second-order valence-electron chi connectivity index (χ2n) is 4.19. The highest BCUT2D eigenvalue weighted by molar-refractivity contribution is 5.22. The quantitative estimate of drug-likeness (QED) is 0.619. The van der Waals surface area contributed by atoms with Crippen molar-refractivity contribution in [2.45, 2.75) is 19.1 Å². The van der Waals surface area contributed by atoms with Gasteiger partial charge in [0.1, 0.15) is 11.6 Å². The molecule has 1 aromatic carbocycles. The lowest BCUT2D eigenvalue weighted by atomic mass is 10.0. The van der Waals surface area contributed by atoms with E-state index >= 15 is 0 Å². The molecule has 0 aliphatic carbocycles. The van der Waals surface area contributed by atoms with Crippen molar-refractivity contribution in [2.24, 2.45) is 0 Å². The van der Waals surface area contributed by atoms with Gasteiger partial charge in [-0.3, -0.25) is 0 Å².